The molecule has 0 aromatic rings. The second-order valence-electron chi connectivity index (χ2n) is 7.39. The average Bonchev–Trinajstić information content (AvgIpc) is 2.36. The second kappa shape index (κ2) is 13.4. The van der Waals surface area contributed by atoms with Crippen LogP contribution in [0.3, 0.4) is 0 Å². The zero-order valence-corrected chi connectivity index (χ0v) is 16.8. The van der Waals surface area contributed by atoms with Gasteiger partial charge in [-0.2, -0.15) is 0 Å². The van der Waals surface area contributed by atoms with Crippen molar-refractivity contribution in [2.45, 2.75) is 41.5 Å². The highest BCUT2D eigenvalue weighted by atomic mass is 31.0. The zero-order valence-electron chi connectivity index (χ0n) is 15.7. The molecule has 0 fully saturated rings. The molecule has 0 rings (SSSR count). The minimum absolute atomic E-state index is 0.679. The normalized spacial score (nSPS) is 12.0. The number of rotatable bonds is 13. The molecule has 0 bridgehead atoms. The van der Waals surface area contributed by atoms with Crippen LogP contribution in [-0.2, 0) is 0 Å². The van der Waals surface area contributed by atoms with E-state index in [9.17, 15) is 0 Å². The van der Waals surface area contributed by atoms with Gasteiger partial charge in [0, 0.05) is 31.9 Å². The van der Waals surface area contributed by atoms with E-state index < -0.39 is 0 Å². The second-order valence-corrected chi connectivity index (χ2v) is 8.12. The molecule has 1 unspecified atom stereocenters. The highest BCUT2D eigenvalue weighted by molar-refractivity contribution is 7.13. The Hall–Kier alpha value is -0.0200. The Morgan fingerprint density at radius 1 is 0.909 bits per heavy atom. The summed E-state index contributed by atoms with van der Waals surface area (Å²) in [5, 5.41) is 7.01. The van der Waals surface area contributed by atoms with Gasteiger partial charge in [0.05, 0.1) is 6.54 Å². The molecule has 2 N–H and O–H groups in total. The third kappa shape index (κ3) is 14.9. The summed E-state index contributed by atoms with van der Waals surface area (Å²) in [5.74, 6) is 2.05. The lowest BCUT2D eigenvalue weighted by molar-refractivity contribution is 0.413. The van der Waals surface area contributed by atoms with Gasteiger partial charge in [-0.05, 0) is 30.8 Å². The Balaban J connectivity index is 4.20. The van der Waals surface area contributed by atoms with Crippen LogP contribution >= 0.6 is 9.39 Å². The topological polar surface area (TPSA) is 39.7 Å². The van der Waals surface area contributed by atoms with Gasteiger partial charge in [-0.1, -0.05) is 50.9 Å². The maximum Gasteiger partial charge on any atom is 0.0520 e. The molecule has 22 heavy (non-hydrogen) atoms. The maximum absolute atomic E-state index is 4.80. The van der Waals surface area contributed by atoms with E-state index >= 15 is 0 Å². The molecule has 0 radical (unpaired) electrons. The molecule has 0 saturated heterocycles. The van der Waals surface area contributed by atoms with Crippen LogP contribution in [0.15, 0.2) is 4.99 Å². The van der Waals surface area contributed by atoms with E-state index in [2.05, 4.69) is 66.2 Å². The first-order chi connectivity index (χ1) is 10.3. The van der Waals surface area contributed by atoms with Crippen molar-refractivity contribution in [3.05, 3.63) is 0 Å². The molecular formula is C17H39N4P. The zero-order chi connectivity index (χ0) is 17.0. The Morgan fingerprint density at radius 2 is 1.41 bits per heavy atom. The fourth-order valence-electron chi connectivity index (χ4n) is 2.08. The largest absolute Gasteiger partial charge is 0.311 e. The maximum atomic E-state index is 4.80. The summed E-state index contributed by atoms with van der Waals surface area (Å²) in [4.78, 5) is 4.80. The number of nitrogens with zero attached hydrogens (tertiary/aromatic N) is 2. The van der Waals surface area contributed by atoms with Crippen molar-refractivity contribution in [3.8, 4) is 0 Å². The number of nitrogens with one attached hydrogen (secondary N) is 2. The van der Waals surface area contributed by atoms with Gasteiger partial charge in [-0.25, -0.2) is 0 Å². The van der Waals surface area contributed by atoms with Crippen molar-refractivity contribution in [1.82, 2.24) is 15.3 Å². The lowest BCUT2D eigenvalue weighted by Gasteiger charge is -2.18. The standard InChI is InChI=1S/C17H39N4P/c1-14(2)9-18-11-17(12-19-10-15(3)4)20-7-8-21(22)13-16(5)6/h14-16,18-19H,7-13,22H2,1-6H3. The number of hydrogen-bond acceptors (Lipinski definition) is 4. The molecule has 0 aliphatic rings. The van der Waals surface area contributed by atoms with E-state index in [0.717, 1.165) is 45.8 Å². The van der Waals surface area contributed by atoms with Crippen molar-refractivity contribution in [3.63, 3.8) is 0 Å². The number of hydrogen-bond donors (Lipinski definition) is 2. The van der Waals surface area contributed by atoms with Crippen LogP contribution < -0.4 is 10.6 Å². The van der Waals surface area contributed by atoms with Crippen molar-refractivity contribution < 1.29 is 0 Å². The van der Waals surface area contributed by atoms with Crippen molar-refractivity contribution in [1.29, 1.82) is 0 Å². The average molecular weight is 331 g/mol. The summed E-state index contributed by atoms with van der Waals surface area (Å²) in [6.07, 6.45) is 0. The van der Waals surface area contributed by atoms with Gasteiger partial charge in [0.2, 0.25) is 0 Å². The van der Waals surface area contributed by atoms with E-state index in [4.69, 9.17) is 4.99 Å². The van der Waals surface area contributed by atoms with Crippen molar-refractivity contribution in [2.75, 3.05) is 45.8 Å². The molecular weight excluding hydrogens is 291 g/mol. The Kier molecular flexibility index (Phi) is 13.4. The van der Waals surface area contributed by atoms with Gasteiger partial charge < -0.3 is 10.6 Å². The van der Waals surface area contributed by atoms with Crippen LogP contribution in [0.25, 0.3) is 0 Å². The van der Waals surface area contributed by atoms with Gasteiger partial charge in [0.25, 0.3) is 0 Å². The molecule has 1 atom stereocenters. The van der Waals surface area contributed by atoms with Gasteiger partial charge in [-0.15, -0.1) is 0 Å². The van der Waals surface area contributed by atoms with Crippen LogP contribution in [0.5, 0.6) is 0 Å². The SMILES string of the molecule is CC(C)CNCC(CNCC(C)C)=NCCN(P)CC(C)C. The third-order valence-corrected chi connectivity index (χ3v) is 3.55. The smallest absolute Gasteiger partial charge is 0.0520 e. The first-order valence-corrected chi connectivity index (χ1v) is 9.26. The van der Waals surface area contributed by atoms with Crippen LogP contribution in [0, 0.1) is 17.8 Å². The minimum atomic E-state index is 0.679. The lowest BCUT2D eigenvalue weighted by atomic mass is 10.2. The molecule has 0 aromatic heterocycles. The lowest BCUT2D eigenvalue weighted by Crippen LogP contribution is -2.35. The van der Waals surface area contributed by atoms with Crippen LogP contribution in [0.4, 0.5) is 0 Å². The predicted octanol–water partition coefficient (Wildman–Crippen LogP) is 2.67. The molecule has 0 aromatic carbocycles. The summed E-state index contributed by atoms with van der Waals surface area (Å²) < 4.78 is 2.29. The molecule has 0 aliphatic carbocycles. The van der Waals surface area contributed by atoms with Gasteiger partial charge in [0.15, 0.2) is 0 Å². The first kappa shape index (κ1) is 22.0. The van der Waals surface area contributed by atoms with Crippen molar-refractivity contribution >= 4 is 15.1 Å². The third-order valence-electron chi connectivity index (χ3n) is 3.09. The van der Waals surface area contributed by atoms with Gasteiger partial charge >= 0.3 is 0 Å². The Bertz CT molecular complexity index is 274. The molecule has 0 amide bonds. The molecule has 4 nitrogen and oxygen atoms in total. The molecule has 0 aliphatic heterocycles. The molecule has 0 heterocycles. The first-order valence-electron chi connectivity index (χ1n) is 8.74. The highest BCUT2D eigenvalue weighted by Gasteiger charge is 2.04. The van der Waals surface area contributed by atoms with Crippen LogP contribution in [0.1, 0.15) is 41.5 Å². The molecule has 132 valence electrons. The van der Waals surface area contributed by atoms with Crippen LogP contribution in [-0.4, -0.2) is 56.2 Å². The molecule has 5 heteroatoms. The minimum Gasteiger partial charge on any atom is -0.311 e. The van der Waals surface area contributed by atoms with Gasteiger partial charge in [-0.3, -0.25) is 9.66 Å². The quantitative estimate of drug-likeness (QED) is 0.403. The summed E-state index contributed by atoms with van der Waals surface area (Å²) in [7, 11) is 2.82. The van der Waals surface area contributed by atoms with E-state index in [1.165, 1.54) is 5.71 Å². The Labute approximate surface area is 141 Å². The highest BCUT2D eigenvalue weighted by Crippen LogP contribution is 2.03. The van der Waals surface area contributed by atoms with Crippen molar-refractivity contribution in [2.24, 2.45) is 22.7 Å². The van der Waals surface area contributed by atoms with E-state index in [1.54, 1.807) is 0 Å². The van der Waals surface area contributed by atoms with Crippen LogP contribution in [0.2, 0.25) is 0 Å². The number of aliphatic imine (C=N–C) groups is 1. The van der Waals surface area contributed by atoms with E-state index in [0.29, 0.717) is 17.8 Å². The molecule has 0 saturated carbocycles. The predicted molar refractivity (Wildman–Crippen MR) is 104 cm³/mol. The summed E-state index contributed by atoms with van der Waals surface area (Å²) in [5.41, 5.74) is 1.24. The van der Waals surface area contributed by atoms with Gasteiger partial charge in [0.1, 0.15) is 0 Å². The monoisotopic (exact) mass is 330 g/mol. The fourth-order valence-corrected chi connectivity index (χ4v) is 2.62. The summed E-state index contributed by atoms with van der Waals surface area (Å²) in [6.45, 7) is 20.3. The van der Waals surface area contributed by atoms with E-state index in [-0.39, 0.29) is 0 Å². The summed E-state index contributed by atoms with van der Waals surface area (Å²) in [6, 6.07) is 0. The Morgan fingerprint density at radius 3 is 1.82 bits per heavy atom. The summed E-state index contributed by atoms with van der Waals surface area (Å²) >= 11 is 0. The molecule has 0 spiro atoms. The van der Waals surface area contributed by atoms with E-state index in [1.807, 2.05) is 0 Å². The fraction of sp³-hybridized carbons (Fsp3) is 0.941.